The molecule has 4 heteroatoms. The van der Waals surface area contributed by atoms with Gasteiger partial charge in [0.15, 0.2) is 11.5 Å². The zero-order valence-electron chi connectivity index (χ0n) is 14.0. The molecule has 0 heterocycles. The summed E-state index contributed by atoms with van der Waals surface area (Å²) in [6, 6.07) is 12.5. The third kappa shape index (κ3) is 5.25. The first-order valence-corrected chi connectivity index (χ1v) is 7.78. The number of benzene rings is 2. The van der Waals surface area contributed by atoms with Crippen LogP contribution in [0.25, 0.3) is 0 Å². The van der Waals surface area contributed by atoms with E-state index in [0.717, 1.165) is 19.4 Å². The molecule has 23 heavy (non-hydrogen) atoms. The third-order valence-electron chi connectivity index (χ3n) is 3.64. The van der Waals surface area contributed by atoms with Crippen LogP contribution in [0.3, 0.4) is 0 Å². The van der Waals surface area contributed by atoms with Crippen LogP contribution in [0.4, 0.5) is 4.39 Å². The van der Waals surface area contributed by atoms with E-state index < -0.39 is 0 Å². The van der Waals surface area contributed by atoms with Gasteiger partial charge in [0, 0.05) is 5.56 Å². The molecule has 2 aromatic rings. The van der Waals surface area contributed by atoms with Crippen LogP contribution >= 0.6 is 0 Å². The van der Waals surface area contributed by atoms with E-state index in [4.69, 9.17) is 9.47 Å². The Morgan fingerprint density at radius 1 is 1.04 bits per heavy atom. The fourth-order valence-electron chi connectivity index (χ4n) is 2.36. The van der Waals surface area contributed by atoms with Crippen LogP contribution in [-0.2, 0) is 13.0 Å². The Labute approximate surface area is 137 Å². The van der Waals surface area contributed by atoms with E-state index in [2.05, 4.69) is 19.0 Å². The number of hydrogen-bond acceptors (Lipinski definition) is 3. The average Bonchev–Trinajstić information content (AvgIpc) is 2.54. The lowest BCUT2D eigenvalue weighted by Crippen LogP contribution is -2.13. The summed E-state index contributed by atoms with van der Waals surface area (Å²) in [5.74, 6) is 1.06. The molecule has 0 aliphatic carbocycles. The smallest absolute Gasteiger partial charge is 0.161 e. The van der Waals surface area contributed by atoms with Gasteiger partial charge in [-0.15, -0.1) is 0 Å². The third-order valence-corrected chi connectivity index (χ3v) is 3.64. The van der Waals surface area contributed by atoms with Gasteiger partial charge in [-0.25, -0.2) is 4.39 Å². The highest BCUT2D eigenvalue weighted by Gasteiger charge is 2.08. The Hall–Kier alpha value is -2.07. The number of aryl methyl sites for hydroxylation is 1. The van der Waals surface area contributed by atoms with Crippen molar-refractivity contribution in [1.29, 1.82) is 0 Å². The second-order valence-corrected chi connectivity index (χ2v) is 5.77. The number of methoxy groups -OCH3 is 1. The van der Waals surface area contributed by atoms with Gasteiger partial charge in [-0.2, -0.15) is 0 Å². The first-order chi connectivity index (χ1) is 11.1. The summed E-state index contributed by atoms with van der Waals surface area (Å²) in [7, 11) is 5.76. The van der Waals surface area contributed by atoms with Crippen LogP contribution in [0.5, 0.6) is 11.5 Å². The van der Waals surface area contributed by atoms with Crippen LogP contribution in [-0.4, -0.2) is 32.6 Å². The van der Waals surface area contributed by atoms with E-state index in [1.165, 1.54) is 11.6 Å². The van der Waals surface area contributed by atoms with E-state index in [1.807, 2.05) is 18.2 Å². The normalized spacial score (nSPS) is 10.8. The molecule has 0 fully saturated rings. The molecule has 0 bridgehead atoms. The molecule has 3 nitrogen and oxygen atoms in total. The van der Waals surface area contributed by atoms with Gasteiger partial charge in [-0.1, -0.05) is 24.3 Å². The Balaban J connectivity index is 2.00. The molecule has 0 N–H and O–H groups in total. The summed E-state index contributed by atoms with van der Waals surface area (Å²) >= 11 is 0. The SMILES string of the molecule is COc1cc(CCCN(C)C)ccc1OCc1ccccc1F. The second-order valence-electron chi connectivity index (χ2n) is 5.77. The summed E-state index contributed by atoms with van der Waals surface area (Å²) in [6.07, 6.45) is 2.08. The molecule has 0 atom stereocenters. The molecule has 0 radical (unpaired) electrons. The minimum absolute atomic E-state index is 0.184. The van der Waals surface area contributed by atoms with Crippen molar-refractivity contribution in [3.8, 4) is 11.5 Å². The summed E-state index contributed by atoms with van der Waals surface area (Å²) in [6.45, 7) is 1.23. The Kier molecular flexibility index (Phi) is 6.41. The van der Waals surface area contributed by atoms with E-state index >= 15 is 0 Å². The predicted octanol–water partition coefficient (Wildman–Crippen LogP) is 3.91. The van der Waals surface area contributed by atoms with Crippen molar-refractivity contribution in [2.24, 2.45) is 0 Å². The van der Waals surface area contributed by atoms with E-state index in [9.17, 15) is 4.39 Å². The van der Waals surface area contributed by atoms with Crippen molar-refractivity contribution in [2.45, 2.75) is 19.4 Å². The van der Waals surface area contributed by atoms with E-state index in [0.29, 0.717) is 17.1 Å². The van der Waals surface area contributed by atoms with Gasteiger partial charge >= 0.3 is 0 Å². The van der Waals surface area contributed by atoms with Crippen molar-refractivity contribution in [1.82, 2.24) is 4.90 Å². The maximum absolute atomic E-state index is 13.6. The fraction of sp³-hybridized carbons (Fsp3) is 0.368. The molecule has 0 aliphatic rings. The second kappa shape index (κ2) is 8.53. The number of ether oxygens (including phenoxy) is 2. The average molecular weight is 317 g/mol. The molecule has 0 aliphatic heterocycles. The van der Waals surface area contributed by atoms with Gasteiger partial charge in [0.25, 0.3) is 0 Å². The lowest BCUT2D eigenvalue weighted by atomic mass is 10.1. The monoisotopic (exact) mass is 317 g/mol. The highest BCUT2D eigenvalue weighted by molar-refractivity contribution is 5.43. The molecule has 0 spiro atoms. The highest BCUT2D eigenvalue weighted by atomic mass is 19.1. The zero-order valence-corrected chi connectivity index (χ0v) is 14.0. The first-order valence-electron chi connectivity index (χ1n) is 7.78. The van der Waals surface area contributed by atoms with Crippen LogP contribution in [0.2, 0.25) is 0 Å². The summed E-state index contributed by atoms with van der Waals surface area (Å²) < 4.78 is 24.8. The summed E-state index contributed by atoms with van der Waals surface area (Å²) in [5.41, 5.74) is 1.74. The summed E-state index contributed by atoms with van der Waals surface area (Å²) in [5, 5.41) is 0. The van der Waals surface area contributed by atoms with Gasteiger partial charge in [-0.3, -0.25) is 0 Å². The molecule has 0 saturated heterocycles. The van der Waals surface area contributed by atoms with Gasteiger partial charge < -0.3 is 14.4 Å². The lowest BCUT2D eigenvalue weighted by Gasteiger charge is -2.13. The molecule has 0 aromatic heterocycles. The molecular weight excluding hydrogens is 293 g/mol. The molecule has 2 aromatic carbocycles. The van der Waals surface area contributed by atoms with Crippen molar-refractivity contribution in [3.63, 3.8) is 0 Å². The Bertz CT molecular complexity index is 629. The van der Waals surface area contributed by atoms with Crippen LogP contribution in [0.1, 0.15) is 17.5 Å². The number of nitrogens with zero attached hydrogens (tertiary/aromatic N) is 1. The van der Waals surface area contributed by atoms with Gasteiger partial charge in [0.1, 0.15) is 12.4 Å². The minimum atomic E-state index is -0.258. The number of hydrogen-bond donors (Lipinski definition) is 0. The highest BCUT2D eigenvalue weighted by Crippen LogP contribution is 2.29. The number of rotatable bonds is 8. The van der Waals surface area contributed by atoms with Crippen molar-refractivity contribution < 1.29 is 13.9 Å². The Morgan fingerprint density at radius 3 is 2.52 bits per heavy atom. The van der Waals surface area contributed by atoms with Gasteiger partial charge in [0.05, 0.1) is 7.11 Å². The quantitative estimate of drug-likeness (QED) is 0.737. The van der Waals surface area contributed by atoms with Crippen molar-refractivity contribution in [3.05, 3.63) is 59.4 Å². The molecular formula is C19H24FNO2. The van der Waals surface area contributed by atoms with Gasteiger partial charge in [-0.05, 0) is 57.2 Å². The minimum Gasteiger partial charge on any atom is -0.493 e. The topological polar surface area (TPSA) is 21.7 Å². The standard InChI is InChI=1S/C19H24FNO2/c1-21(2)12-6-7-15-10-11-18(19(13-15)22-3)23-14-16-8-4-5-9-17(16)20/h4-5,8-11,13H,6-7,12,14H2,1-3H3. The van der Waals surface area contributed by atoms with E-state index in [-0.39, 0.29) is 12.4 Å². The summed E-state index contributed by atoms with van der Waals surface area (Å²) in [4.78, 5) is 2.17. The molecule has 0 saturated carbocycles. The van der Waals surface area contributed by atoms with Crippen molar-refractivity contribution >= 4 is 0 Å². The molecule has 2 rings (SSSR count). The van der Waals surface area contributed by atoms with Crippen molar-refractivity contribution in [2.75, 3.05) is 27.7 Å². The first kappa shape index (κ1) is 17.3. The number of halogens is 1. The van der Waals surface area contributed by atoms with Crippen LogP contribution in [0.15, 0.2) is 42.5 Å². The van der Waals surface area contributed by atoms with E-state index in [1.54, 1.807) is 25.3 Å². The molecule has 0 unspecified atom stereocenters. The zero-order chi connectivity index (χ0) is 16.7. The molecule has 0 amide bonds. The van der Waals surface area contributed by atoms with Gasteiger partial charge in [0.2, 0.25) is 0 Å². The maximum atomic E-state index is 13.6. The molecule has 124 valence electrons. The Morgan fingerprint density at radius 2 is 1.83 bits per heavy atom. The predicted molar refractivity (Wildman–Crippen MR) is 90.6 cm³/mol. The van der Waals surface area contributed by atoms with Crippen LogP contribution < -0.4 is 9.47 Å². The fourth-order valence-corrected chi connectivity index (χ4v) is 2.36. The lowest BCUT2D eigenvalue weighted by molar-refractivity contribution is 0.279. The largest absolute Gasteiger partial charge is 0.493 e. The van der Waals surface area contributed by atoms with Crippen LogP contribution in [0, 0.1) is 5.82 Å². The maximum Gasteiger partial charge on any atom is 0.161 e.